The van der Waals surface area contributed by atoms with E-state index in [0.717, 1.165) is 18.2 Å². The van der Waals surface area contributed by atoms with E-state index in [1.54, 1.807) is 0 Å². The SMILES string of the molecule is COc1ccc(C(=O)CCC(=O)Nc2cc(CN)cc(C(F)(F)F)c2)cc1F. The molecule has 0 saturated heterocycles. The van der Waals surface area contributed by atoms with E-state index in [0.29, 0.717) is 0 Å². The highest BCUT2D eigenvalue weighted by molar-refractivity contribution is 6.00. The quantitative estimate of drug-likeness (QED) is 0.547. The van der Waals surface area contributed by atoms with E-state index in [-0.39, 0.29) is 42.0 Å². The normalized spacial score (nSPS) is 11.2. The number of nitrogens with two attached hydrogens (primary N) is 1. The summed E-state index contributed by atoms with van der Waals surface area (Å²) in [4.78, 5) is 24.1. The highest BCUT2D eigenvalue weighted by atomic mass is 19.4. The number of anilines is 1. The van der Waals surface area contributed by atoms with Gasteiger partial charge in [-0.15, -0.1) is 0 Å². The maximum Gasteiger partial charge on any atom is 0.416 e. The van der Waals surface area contributed by atoms with Crippen LogP contribution in [0.1, 0.15) is 34.3 Å². The molecular weight excluding hydrogens is 380 g/mol. The molecule has 0 spiro atoms. The molecule has 2 rings (SSSR count). The van der Waals surface area contributed by atoms with E-state index in [4.69, 9.17) is 10.5 Å². The monoisotopic (exact) mass is 398 g/mol. The summed E-state index contributed by atoms with van der Waals surface area (Å²) >= 11 is 0. The summed E-state index contributed by atoms with van der Waals surface area (Å²) in [6.07, 6.45) is -5.10. The van der Waals surface area contributed by atoms with Crippen molar-refractivity contribution in [3.63, 3.8) is 0 Å². The molecule has 28 heavy (non-hydrogen) atoms. The number of carbonyl (C=O) groups excluding carboxylic acids is 2. The molecule has 2 aromatic carbocycles. The predicted molar refractivity (Wildman–Crippen MR) is 94.5 cm³/mol. The van der Waals surface area contributed by atoms with Crippen LogP contribution >= 0.6 is 0 Å². The molecule has 0 aliphatic rings. The van der Waals surface area contributed by atoms with Crippen molar-refractivity contribution in [2.75, 3.05) is 12.4 Å². The summed E-state index contributed by atoms with van der Waals surface area (Å²) in [7, 11) is 1.29. The Morgan fingerprint density at radius 2 is 1.82 bits per heavy atom. The van der Waals surface area contributed by atoms with Crippen LogP contribution in [0.15, 0.2) is 36.4 Å². The van der Waals surface area contributed by atoms with Gasteiger partial charge in [0.15, 0.2) is 17.3 Å². The van der Waals surface area contributed by atoms with E-state index in [9.17, 15) is 27.2 Å². The molecule has 0 aromatic heterocycles. The van der Waals surface area contributed by atoms with Gasteiger partial charge in [-0.1, -0.05) is 0 Å². The molecule has 0 atom stereocenters. The van der Waals surface area contributed by atoms with Crippen molar-refractivity contribution >= 4 is 17.4 Å². The van der Waals surface area contributed by atoms with Crippen LogP contribution in [0.2, 0.25) is 0 Å². The third kappa shape index (κ3) is 5.53. The van der Waals surface area contributed by atoms with Gasteiger partial charge in [-0.25, -0.2) is 4.39 Å². The number of hydrogen-bond acceptors (Lipinski definition) is 4. The van der Waals surface area contributed by atoms with Gasteiger partial charge in [-0.3, -0.25) is 9.59 Å². The molecule has 0 unspecified atom stereocenters. The Bertz CT molecular complexity index is 882. The van der Waals surface area contributed by atoms with Crippen molar-refractivity contribution in [1.82, 2.24) is 0 Å². The minimum atomic E-state index is -4.58. The van der Waals surface area contributed by atoms with Gasteiger partial charge in [0.1, 0.15) is 0 Å². The number of methoxy groups -OCH3 is 1. The lowest BCUT2D eigenvalue weighted by atomic mass is 10.1. The molecule has 3 N–H and O–H groups in total. The van der Waals surface area contributed by atoms with E-state index >= 15 is 0 Å². The van der Waals surface area contributed by atoms with Gasteiger partial charge in [-0.05, 0) is 42.0 Å². The summed E-state index contributed by atoms with van der Waals surface area (Å²) in [5, 5.41) is 2.32. The van der Waals surface area contributed by atoms with Crippen LogP contribution in [0, 0.1) is 5.82 Å². The molecular formula is C19H18F4N2O3. The number of ketones is 1. The van der Waals surface area contributed by atoms with Gasteiger partial charge in [0.25, 0.3) is 0 Å². The summed E-state index contributed by atoms with van der Waals surface area (Å²) in [6.45, 7) is -0.131. The highest BCUT2D eigenvalue weighted by Crippen LogP contribution is 2.32. The maximum absolute atomic E-state index is 13.6. The van der Waals surface area contributed by atoms with Crippen LogP contribution in [-0.4, -0.2) is 18.8 Å². The standard InChI is InChI=1S/C19H18F4N2O3/c1-28-17-4-2-12(8-15(17)20)16(26)3-5-18(27)25-14-7-11(10-24)6-13(9-14)19(21,22)23/h2,4,6-9H,3,5,10,24H2,1H3,(H,25,27). The second kappa shape index (κ2) is 8.83. The zero-order valence-electron chi connectivity index (χ0n) is 14.9. The van der Waals surface area contributed by atoms with Crippen LogP contribution in [0.5, 0.6) is 5.75 Å². The molecule has 0 radical (unpaired) electrons. The average molecular weight is 398 g/mol. The number of ether oxygens (including phenoxy) is 1. The fourth-order valence-corrected chi connectivity index (χ4v) is 2.48. The van der Waals surface area contributed by atoms with E-state index < -0.39 is 29.2 Å². The Morgan fingerprint density at radius 1 is 1.11 bits per heavy atom. The van der Waals surface area contributed by atoms with E-state index in [1.807, 2.05) is 0 Å². The Morgan fingerprint density at radius 3 is 2.39 bits per heavy atom. The van der Waals surface area contributed by atoms with Gasteiger partial charge >= 0.3 is 6.18 Å². The molecule has 9 heteroatoms. The first-order valence-corrected chi connectivity index (χ1v) is 8.22. The summed E-state index contributed by atoms with van der Waals surface area (Å²) in [5.74, 6) is -1.86. The molecule has 0 fully saturated rings. The Kier molecular flexibility index (Phi) is 6.74. The molecule has 0 aliphatic carbocycles. The molecule has 0 aliphatic heterocycles. The first-order valence-electron chi connectivity index (χ1n) is 8.22. The van der Waals surface area contributed by atoms with Crippen LogP contribution in [-0.2, 0) is 17.5 Å². The third-order valence-corrected chi connectivity index (χ3v) is 3.89. The third-order valence-electron chi connectivity index (χ3n) is 3.89. The highest BCUT2D eigenvalue weighted by Gasteiger charge is 2.31. The van der Waals surface area contributed by atoms with Gasteiger partial charge in [0.2, 0.25) is 5.91 Å². The Hall–Kier alpha value is -2.94. The second-order valence-corrected chi connectivity index (χ2v) is 5.94. The molecule has 150 valence electrons. The number of rotatable bonds is 7. The number of Topliss-reactive ketones (excluding diaryl/α,β-unsaturated/α-hetero) is 1. The molecule has 0 heterocycles. The van der Waals surface area contributed by atoms with Crippen molar-refractivity contribution in [3.8, 4) is 5.75 Å². The second-order valence-electron chi connectivity index (χ2n) is 5.94. The van der Waals surface area contributed by atoms with Crippen molar-refractivity contribution in [2.24, 2.45) is 5.73 Å². The van der Waals surface area contributed by atoms with Crippen LogP contribution in [0.4, 0.5) is 23.2 Å². The van der Waals surface area contributed by atoms with Gasteiger partial charge < -0.3 is 15.8 Å². The molecule has 5 nitrogen and oxygen atoms in total. The van der Waals surface area contributed by atoms with Crippen LogP contribution < -0.4 is 15.8 Å². The van der Waals surface area contributed by atoms with Crippen molar-refractivity contribution < 1.29 is 31.9 Å². The first-order chi connectivity index (χ1) is 13.1. The number of hydrogen-bond donors (Lipinski definition) is 2. The Balaban J connectivity index is 2.02. The Labute approximate surface area is 158 Å². The van der Waals surface area contributed by atoms with E-state index in [1.165, 1.54) is 25.3 Å². The smallest absolute Gasteiger partial charge is 0.416 e. The number of halogens is 4. The van der Waals surface area contributed by atoms with Crippen LogP contribution in [0.3, 0.4) is 0 Å². The molecule has 0 saturated carbocycles. The predicted octanol–water partition coefficient (Wildman–Crippen LogP) is 3.91. The molecule has 1 amide bonds. The summed E-state index contributed by atoms with van der Waals surface area (Å²) in [6, 6.07) is 6.67. The van der Waals surface area contributed by atoms with Crippen molar-refractivity contribution in [1.29, 1.82) is 0 Å². The van der Waals surface area contributed by atoms with Crippen molar-refractivity contribution in [3.05, 3.63) is 58.9 Å². The zero-order chi connectivity index (χ0) is 20.9. The van der Waals surface area contributed by atoms with Gasteiger partial charge in [0.05, 0.1) is 12.7 Å². The fraction of sp³-hybridized carbons (Fsp3) is 0.263. The minimum absolute atomic E-state index is 0.0189. The topological polar surface area (TPSA) is 81.4 Å². The first kappa shape index (κ1) is 21.4. The lowest BCUT2D eigenvalue weighted by Gasteiger charge is -2.12. The summed E-state index contributed by atoms with van der Waals surface area (Å²) in [5.41, 5.74) is 4.66. The lowest BCUT2D eigenvalue weighted by Crippen LogP contribution is -2.15. The molecule has 2 aromatic rings. The number of benzene rings is 2. The largest absolute Gasteiger partial charge is 0.494 e. The minimum Gasteiger partial charge on any atom is -0.494 e. The number of alkyl halides is 3. The van der Waals surface area contributed by atoms with Gasteiger partial charge in [0, 0.05) is 30.6 Å². The average Bonchev–Trinajstić information content (AvgIpc) is 2.65. The lowest BCUT2D eigenvalue weighted by molar-refractivity contribution is -0.137. The van der Waals surface area contributed by atoms with Crippen LogP contribution in [0.25, 0.3) is 0 Å². The summed E-state index contributed by atoms with van der Waals surface area (Å²) < 4.78 is 57.1. The number of amides is 1. The van der Waals surface area contributed by atoms with E-state index in [2.05, 4.69) is 5.32 Å². The molecule has 0 bridgehead atoms. The number of nitrogens with one attached hydrogen (secondary N) is 1. The zero-order valence-corrected chi connectivity index (χ0v) is 14.9. The van der Waals surface area contributed by atoms with Gasteiger partial charge in [-0.2, -0.15) is 13.2 Å². The maximum atomic E-state index is 13.6. The number of carbonyl (C=O) groups is 2. The van der Waals surface area contributed by atoms with Crippen molar-refractivity contribution in [2.45, 2.75) is 25.6 Å². The fourth-order valence-electron chi connectivity index (χ4n) is 2.48.